The van der Waals surface area contributed by atoms with Gasteiger partial charge >= 0.3 is 0 Å². The average molecular weight is 305 g/mol. The topological polar surface area (TPSA) is 32.5 Å². The smallest absolute Gasteiger partial charge is 0.150 e. The Morgan fingerprint density at radius 1 is 1.14 bits per heavy atom. The number of rotatable bonds is 4. The highest BCUT2D eigenvalue weighted by Crippen LogP contribution is 2.38. The Morgan fingerprint density at radius 2 is 1.77 bits per heavy atom. The van der Waals surface area contributed by atoms with Gasteiger partial charge in [0.15, 0.2) is 5.76 Å². The van der Waals surface area contributed by atoms with Gasteiger partial charge in [-0.15, -0.1) is 0 Å². The summed E-state index contributed by atoms with van der Waals surface area (Å²) in [6.07, 6.45) is 5.65. The zero-order valence-electron chi connectivity index (χ0n) is 14.5. The van der Waals surface area contributed by atoms with Crippen LogP contribution >= 0.6 is 0 Å². The largest absolute Gasteiger partial charge is 0.360 e. The molecule has 4 nitrogen and oxygen atoms in total. The number of aromatic nitrogens is 1. The van der Waals surface area contributed by atoms with Gasteiger partial charge in [0.05, 0.1) is 12.2 Å². The minimum Gasteiger partial charge on any atom is -0.360 e. The molecule has 1 aliphatic carbocycles. The van der Waals surface area contributed by atoms with Crippen molar-refractivity contribution in [1.29, 1.82) is 0 Å². The van der Waals surface area contributed by atoms with Crippen molar-refractivity contribution in [3.63, 3.8) is 0 Å². The molecule has 1 saturated heterocycles. The summed E-state index contributed by atoms with van der Waals surface area (Å²) in [5.41, 5.74) is 1.57. The van der Waals surface area contributed by atoms with E-state index in [-0.39, 0.29) is 0 Å². The summed E-state index contributed by atoms with van der Waals surface area (Å²) in [6, 6.07) is 2.05. The fourth-order valence-corrected chi connectivity index (χ4v) is 3.85. The van der Waals surface area contributed by atoms with Gasteiger partial charge in [-0.25, -0.2) is 0 Å². The maximum absolute atomic E-state index is 5.33. The van der Waals surface area contributed by atoms with Crippen molar-refractivity contribution in [1.82, 2.24) is 15.0 Å². The molecule has 4 heteroatoms. The maximum atomic E-state index is 5.33. The zero-order chi connectivity index (χ0) is 15.6. The third-order valence-corrected chi connectivity index (χ3v) is 5.50. The molecule has 0 atom stereocenters. The highest BCUT2D eigenvalue weighted by Gasteiger charge is 2.28. The SMILES string of the molecule is Cc1cc(CN2CCN(CC3CCC(C)(C)CC3)CC2)on1. The normalized spacial score (nSPS) is 24.7. The monoisotopic (exact) mass is 305 g/mol. The molecule has 0 amide bonds. The molecule has 1 aromatic rings. The van der Waals surface area contributed by atoms with E-state index in [9.17, 15) is 0 Å². The lowest BCUT2D eigenvalue weighted by molar-refractivity contribution is 0.0867. The Kier molecular flexibility index (Phi) is 4.88. The molecule has 1 aliphatic heterocycles. The molecule has 0 aromatic carbocycles. The number of hydrogen-bond donors (Lipinski definition) is 0. The Labute approximate surface area is 134 Å². The van der Waals surface area contributed by atoms with E-state index in [0.29, 0.717) is 5.41 Å². The molecule has 1 aromatic heterocycles. The van der Waals surface area contributed by atoms with E-state index in [2.05, 4.69) is 34.9 Å². The van der Waals surface area contributed by atoms with Crippen molar-refractivity contribution in [2.75, 3.05) is 32.7 Å². The number of nitrogens with zero attached hydrogens (tertiary/aromatic N) is 3. The summed E-state index contributed by atoms with van der Waals surface area (Å²) < 4.78 is 5.33. The summed E-state index contributed by atoms with van der Waals surface area (Å²) >= 11 is 0. The van der Waals surface area contributed by atoms with Crippen LogP contribution in [0.25, 0.3) is 0 Å². The van der Waals surface area contributed by atoms with Crippen LogP contribution in [0.4, 0.5) is 0 Å². The van der Waals surface area contributed by atoms with Crippen LogP contribution in [0.3, 0.4) is 0 Å². The van der Waals surface area contributed by atoms with Gasteiger partial charge in [0.2, 0.25) is 0 Å². The molecular formula is C18H31N3O. The van der Waals surface area contributed by atoms with Crippen LogP contribution in [0.2, 0.25) is 0 Å². The first-order chi connectivity index (χ1) is 10.5. The van der Waals surface area contributed by atoms with E-state index < -0.39 is 0 Å². The molecule has 1 saturated carbocycles. The quantitative estimate of drug-likeness (QED) is 0.854. The second-order valence-corrected chi connectivity index (χ2v) is 8.12. The van der Waals surface area contributed by atoms with Crippen molar-refractivity contribution >= 4 is 0 Å². The minimum atomic E-state index is 0.588. The molecular weight excluding hydrogens is 274 g/mol. The summed E-state index contributed by atoms with van der Waals surface area (Å²) in [4.78, 5) is 5.16. The van der Waals surface area contributed by atoms with Crippen LogP contribution < -0.4 is 0 Å². The molecule has 2 aliphatic rings. The Hall–Kier alpha value is -0.870. The van der Waals surface area contributed by atoms with Gasteiger partial charge < -0.3 is 9.42 Å². The van der Waals surface area contributed by atoms with Crippen LogP contribution in [0.1, 0.15) is 51.0 Å². The Bertz CT molecular complexity index is 464. The van der Waals surface area contributed by atoms with E-state index in [1.165, 1.54) is 45.3 Å². The predicted molar refractivity (Wildman–Crippen MR) is 88.7 cm³/mol. The molecule has 2 fully saturated rings. The fraction of sp³-hybridized carbons (Fsp3) is 0.833. The van der Waals surface area contributed by atoms with Gasteiger partial charge in [0.1, 0.15) is 0 Å². The zero-order valence-corrected chi connectivity index (χ0v) is 14.5. The molecule has 22 heavy (non-hydrogen) atoms. The van der Waals surface area contributed by atoms with Crippen molar-refractivity contribution < 1.29 is 4.52 Å². The second-order valence-electron chi connectivity index (χ2n) is 8.12. The molecule has 3 rings (SSSR count). The van der Waals surface area contributed by atoms with Crippen molar-refractivity contribution in [3.8, 4) is 0 Å². The fourth-order valence-electron chi connectivity index (χ4n) is 3.85. The molecule has 124 valence electrons. The third-order valence-electron chi connectivity index (χ3n) is 5.50. The average Bonchev–Trinajstić information content (AvgIpc) is 2.89. The van der Waals surface area contributed by atoms with Crippen molar-refractivity contribution in [3.05, 3.63) is 17.5 Å². The summed E-state index contributed by atoms with van der Waals surface area (Å²) in [6.45, 7) is 13.8. The molecule has 2 heterocycles. The van der Waals surface area contributed by atoms with E-state index >= 15 is 0 Å². The lowest BCUT2D eigenvalue weighted by atomic mass is 9.73. The lowest BCUT2D eigenvalue weighted by Crippen LogP contribution is -2.47. The van der Waals surface area contributed by atoms with E-state index in [4.69, 9.17) is 4.52 Å². The van der Waals surface area contributed by atoms with Gasteiger partial charge in [-0.3, -0.25) is 4.90 Å². The first kappa shape index (κ1) is 16.0. The summed E-state index contributed by atoms with van der Waals surface area (Å²) in [5, 5.41) is 3.97. The minimum absolute atomic E-state index is 0.588. The summed E-state index contributed by atoms with van der Waals surface area (Å²) in [7, 11) is 0. The molecule has 0 spiro atoms. The maximum Gasteiger partial charge on any atom is 0.150 e. The first-order valence-electron chi connectivity index (χ1n) is 8.87. The molecule has 0 unspecified atom stereocenters. The highest BCUT2D eigenvalue weighted by molar-refractivity contribution is 5.03. The van der Waals surface area contributed by atoms with E-state index in [1.54, 1.807) is 0 Å². The number of aryl methyl sites for hydroxylation is 1. The molecule has 0 N–H and O–H groups in total. The van der Waals surface area contributed by atoms with Gasteiger partial charge in [0.25, 0.3) is 0 Å². The Balaban J connectivity index is 1.39. The second kappa shape index (κ2) is 6.71. The number of piperazine rings is 1. The Morgan fingerprint density at radius 3 is 2.36 bits per heavy atom. The molecule has 0 bridgehead atoms. The van der Waals surface area contributed by atoms with Crippen LogP contribution in [-0.4, -0.2) is 47.7 Å². The number of hydrogen-bond acceptors (Lipinski definition) is 4. The third kappa shape index (κ3) is 4.32. The summed E-state index contributed by atoms with van der Waals surface area (Å²) in [5.74, 6) is 1.93. The van der Waals surface area contributed by atoms with Gasteiger partial charge in [-0.05, 0) is 43.9 Å². The standard InChI is InChI=1S/C18H31N3O/c1-15-12-17(22-19-15)14-21-10-8-20(9-11-21)13-16-4-6-18(2,3)7-5-16/h12,16H,4-11,13-14H2,1-3H3. The van der Waals surface area contributed by atoms with Gasteiger partial charge in [-0.1, -0.05) is 19.0 Å². The van der Waals surface area contributed by atoms with Crippen LogP contribution in [-0.2, 0) is 6.54 Å². The van der Waals surface area contributed by atoms with Crippen LogP contribution in [0.15, 0.2) is 10.6 Å². The van der Waals surface area contributed by atoms with E-state index in [1.807, 2.05) is 6.92 Å². The van der Waals surface area contributed by atoms with Gasteiger partial charge in [0, 0.05) is 38.8 Å². The van der Waals surface area contributed by atoms with E-state index in [0.717, 1.165) is 37.0 Å². The molecule has 0 radical (unpaired) electrons. The van der Waals surface area contributed by atoms with Crippen LogP contribution in [0.5, 0.6) is 0 Å². The first-order valence-corrected chi connectivity index (χ1v) is 8.87. The van der Waals surface area contributed by atoms with Crippen LogP contribution in [0, 0.1) is 18.3 Å². The van der Waals surface area contributed by atoms with Crippen molar-refractivity contribution in [2.45, 2.75) is 53.0 Å². The lowest BCUT2D eigenvalue weighted by Gasteiger charge is -2.39. The highest BCUT2D eigenvalue weighted by atomic mass is 16.5. The van der Waals surface area contributed by atoms with Crippen molar-refractivity contribution in [2.24, 2.45) is 11.3 Å². The van der Waals surface area contributed by atoms with Gasteiger partial charge in [-0.2, -0.15) is 0 Å². The predicted octanol–water partition coefficient (Wildman–Crippen LogP) is 3.32.